The molecule has 0 unspecified atom stereocenters. The molecule has 1 N–H and O–H groups in total. The molecule has 5 heteroatoms. The summed E-state index contributed by atoms with van der Waals surface area (Å²) in [7, 11) is 0. The monoisotopic (exact) mass is 312 g/mol. The highest BCUT2D eigenvalue weighted by Gasteiger charge is 2.40. The second-order valence-corrected chi connectivity index (χ2v) is 6.00. The molecule has 1 aromatic rings. The van der Waals surface area contributed by atoms with Crippen LogP contribution in [0.25, 0.3) is 0 Å². The average Bonchev–Trinajstić information content (AvgIpc) is 2.81. The summed E-state index contributed by atoms with van der Waals surface area (Å²) in [4.78, 5) is 14.6. The minimum absolute atomic E-state index is 0.105. The Hall–Kier alpha value is -0.810. The molecular weight excluding hydrogens is 296 g/mol. The van der Waals surface area contributed by atoms with Crippen molar-refractivity contribution in [2.45, 2.75) is 31.8 Å². The Balaban J connectivity index is 1.71. The van der Waals surface area contributed by atoms with Crippen LogP contribution in [0.2, 0.25) is 0 Å². The molecule has 4 rings (SSSR count). The molecule has 0 aromatic carbocycles. The minimum Gasteiger partial charge on any atom is -0.444 e. The van der Waals surface area contributed by atoms with Crippen LogP contribution in [-0.2, 0) is 0 Å². The summed E-state index contributed by atoms with van der Waals surface area (Å²) in [5, 5.41) is 3.13. The molecule has 3 saturated heterocycles. The molecule has 3 aliphatic heterocycles. The lowest BCUT2D eigenvalue weighted by Gasteiger charge is -2.49. The third kappa shape index (κ3) is 2.10. The molecule has 3 fully saturated rings. The van der Waals surface area contributed by atoms with Gasteiger partial charge in [-0.05, 0) is 66.8 Å². The van der Waals surface area contributed by atoms with Crippen LogP contribution in [0.15, 0.2) is 21.2 Å². The predicted molar refractivity (Wildman–Crippen MR) is 71.4 cm³/mol. The zero-order valence-electron chi connectivity index (χ0n) is 10.4. The van der Waals surface area contributed by atoms with E-state index < -0.39 is 0 Å². The van der Waals surface area contributed by atoms with Crippen molar-refractivity contribution in [3.05, 3.63) is 22.6 Å². The van der Waals surface area contributed by atoms with E-state index in [0.29, 0.717) is 22.4 Å². The SMILES string of the molecule is C[C@H]1[C@H](NC(=O)c2ccc(Br)o2)C2CCN1CC2. The van der Waals surface area contributed by atoms with Crippen molar-refractivity contribution in [3.8, 4) is 0 Å². The van der Waals surface area contributed by atoms with E-state index in [9.17, 15) is 4.79 Å². The van der Waals surface area contributed by atoms with Gasteiger partial charge in [-0.1, -0.05) is 0 Å². The number of hydrogen-bond donors (Lipinski definition) is 1. The van der Waals surface area contributed by atoms with Gasteiger partial charge in [0.25, 0.3) is 5.91 Å². The molecule has 0 aliphatic carbocycles. The number of rotatable bonds is 2. The van der Waals surface area contributed by atoms with Crippen molar-refractivity contribution < 1.29 is 9.21 Å². The molecule has 2 bridgehead atoms. The number of piperidine rings is 3. The number of nitrogens with zero attached hydrogens (tertiary/aromatic N) is 1. The number of halogens is 1. The zero-order chi connectivity index (χ0) is 12.7. The Morgan fingerprint density at radius 2 is 2.17 bits per heavy atom. The smallest absolute Gasteiger partial charge is 0.287 e. The van der Waals surface area contributed by atoms with Crippen molar-refractivity contribution in [2.75, 3.05) is 13.1 Å². The third-order valence-corrected chi connectivity index (χ3v) is 4.70. The van der Waals surface area contributed by atoms with Crippen molar-refractivity contribution >= 4 is 21.8 Å². The first-order chi connectivity index (χ1) is 8.65. The Morgan fingerprint density at radius 1 is 1.44 bits per heavy atom. The molecule has 1 amide bonds. The summed E-state index contributed by atoms with van der Waals surface area (Å²) in [6.45, 7) is 4.54. The first kappa shape index (κ1) is 12.2. The summed E-state index contributed by atoms with van der Waals surface area (Å²) < 4.78 is 5.89. The summed E-state index contributed by atoms with van der Waals surface area (Å²) in [6, 6.07) is 4.13. The van der Waals surface area contributed by atoms with Gasteiger partial charge in [-0.3, -0.25) is 9.69 Å². The Kier molecular flexibility index (Phi) is 3.20. The lowest BCUT2D eigenvalue weighted by molar-refractivity contribution is 0.0211. The maximum Gasteiger partial charge on any atom is 0.287 e. The fourth-order valence-corrected chi connectivity index (χ4v) is 3.51. The molecule has 4 heterocycles. The molecule has 1 aromatic heterocycles. The van der Waals surface area contributed by atoms with Gasteiger partial charge >= 0.3 is 0 Å². The van der Waals surface area contributed by atoms with Crippen LogP contribution < -0.4 is 5.32 Å². The summed E-state index contributed by atoms with van der Waals surface area (Å²) in [5.74, 6) is 0.893. The van der Waals surface area contributed by atoms with E-state index in [4.69, 9.17) is 4.42 Å². The quantitative estimate of drug-likeness (QED) is 0.911. The average molecular weight is 313 g/mol. The summed E-state index contributed by atoms with van der Waals surface area (Å²) >= 11 is 3.22. The first-order valence-electron chi connectivity index (χ1n) is 6.45. The number of amides is 1. The second-order valence-electron chi connectivity index (χ2n) is 5.22. The van der Waals surface area contributed by atoms with Gasteiger partial charge in [-0.2, -0.15) is 0 Å². The van der Waals surface area contributed by atoms with E-state index in [0.717, 1.165) is 0 Å². The molecule has 2 atom stereocenters. The highest BCUT2D eigenvalue weighted by Crippen LogP contribution is 2.32. The van der Waals surface area contributed by atoms with Crippen molar-refractivity contribution in [1.82, 2.24) is 10.2 Å². The zero-order valence-corrected chi connectivity index (χ0v) is 11.9. The largest absolute Gasteiger partial charge is 0.444 e. The van der Waals surface area contributed by atoms with Crippen molar-refractivity contribution in [2.24, 2.45) is 5.92 Å². The normalized spacial score (nSPS) is 34.6. The Bertz CT molecular complexity index is 450. The highest BCUT2D eigenvalue weighted by molar-refractivity contribution is 9.10. The molecular formula is C13H17BrN2O2. The maximum absolute atomic E-state index is 12.1. The van der Waals surface area contributed by atoms with E-state index in [2.05, 4.69) is 33.1 Å². The van der Waals surface area contributed by atoms with Gasteiger partial charge in [-0.25, -0.2) is 0 Å². The number of carbonyl (C=O) groups excluding carboxylic acids is 1. The first-order valence-corrected chi connectivity index (χ1v) is 7.24. The van der Waals surface area contributed by atoms with Crippen LogP contribution in [0.1, 0.15) is 30.3 Å². The van der Waals surface area contributed by atoms with E-state index in [1.807, 2.05) is 0 Å². The van der Waals surface area contributed by atoms with Crippen LogP contribution in [0.3, 0.4) is 0 Å². The lowest BCUT2D eigenvalue weighted by Crippen LogP contribution is -2.62. The number of hydrogen-bond acceptors (Lipinski definition) is 3. The molecule has 3 aliphatic rings. The Labute approximate surface area is 115 Å². The topological polar surface area (TPSA) is 45.5 Å². The van der Waals surface area contributed by atoms with Gasteiger partial charge in [0.1, 0.15) is 0 Å². The molecule has 98 valence electrons. The van der Waals surface area contributed by atoms with Gasteiger partial charge in [0.05, 0.1) is 0 Å². The van der Waals surface area contributed by atoms with Crippen LogP contribution in [0.5, 0.6) is 0 Å². The van der Waals surface area contributed by atoms with Gasteiger partial charge < -0.3 is 9.73 Å². The number of furan rings is 1. The molecule has 4 nitrogen and oxygen atoms in total. The molecule has 18 heavy (non-hydrogen) atoms. The minimum atomic E-state index is -0.105. The summed E-state index contributed by atoms with van der Waals surface area (Å²) in [5.41, 5.74) is 0. The van der Waals surface area contributed by atoms with Gasteiger partial charge in [-0.15, -0.1) is 0 Å². The summed E-state index contributed by atoms with van der Waals surface area (Å²) in [6.07, 6.45) is 2.38. The van der Waals surface area contributed by atoms with Crippen molar-refractivity contribution in [1.29, 1.82) is 0 Å². The molecule has 0 spiro atoms. The molecule has 0 radical (unpaired) electrons. The van der Waals surface area contributed by atoms with Gasteiger partial charge in [0.15, 0.2) is 10.4 Å². The van der Waals surface area contributed by atoms with Gasteiger partial charge in [0.2, 0.25) is 0 Å². The predicted octanol–water partition coefficient (Wildman–Crippen LogP) is 2.25. The fraction of sp³-hybridized carbons (Fsp3) is 0.615. The number of fused-ring (bicyclic) bond motifs is 3. The second kappa shape index (κ2) is 4.70. The van der Waals surface area contributed by atoms with Crippen LogP contribution in [0, 0.1) is 5.92 Å². The van der Waals surface area contributed by atoms with Crippen LogP contribution >= 0.6 is 15.9 Å². The van der Waals surface area contributed by atoms with E-state index >= 15 is 0 Å². The maximum atomic E-state index is 12.1. The number of nitrogens with one attached hydrogen (secondary N) is 1. The lowest BCUT2D eigenvalue weighted by atomic mass is 9.79. The van der Waals surface area contributed by atoms with E-state index in [1.54, 1.807) is 12.1 Å². The number of carbonyl (C=O) groups is 1. The fourth-order valence-electron chi connectivity index (χ4n) is 3.20. The van der Waals surface area contributed by atoms with E-state index in [-0.39, 0.29) is 11.9 Å². The molecule has 0 saturated carbocycles. The van der Waals surface area contributed by atoms with Crippen molar-refractivity contribution in [3.63, 3.8) is 0 Å². The van der Waals surface area contributed by atoms with E-state index in [1.165, 1.54) is 25.9 Å². The Morgan fingerprint density at radius 3 is 2.72 bits per heavy atom. The van der Waals surface area contributed by atoms with Crippen LogP contribution in [0.4, 0.5) is 0 Å². The third-order valence-electron chi connectivity index (χ3n) is 4.27. The van der Waals surface area contributed by atoms with Crippen LogP contribution in [-0.4, -0.2) is 36.0 Å². The van der Waals surface area contributed by atoms with Gasteiger partial charge in [0, 0.05) is 12.1 Å². The highest BCUT2D eigenvalue weighted by atomic mass is 79.9. The standard InChI is InChI=1S/C13H17BrN2O2/c1-8-12(9-4-6-16(8)7-5-9)15-13(17)10-2-3-11(14)18-10/h2-3,8-9,12H,4-7H2,1H3,(H,15,17)/t8-,12-/m0/s1.